The second-order valence-corrected chi connectivity index (χ2v) is 29.0. The van der Waals surface area contributed by atoms with E-state index < -0.39 is 68.2 Å². The van der Waals surface area contributed by atoms with Crippen LogP contribution >= 0.6 is 0 Å². The smallest absolute Gasteiger partial charge is 0.376 e. The van der Waals surface area contributed by atoms with Gasteiger partial charge in [0, 0.05) is 81.3 Å². The summed E-state index contributed by atoms with van der Waals surface area (Å²) in [5.41, 5.74) is 0.310. The predicted molar refractivity (Wildman–Crippen MR) is 432 cm³/mol. The zero-order valence-corrected chi connectivity index (χ0v) is 70.6. The molecule has 0 aromatic heterocycles. The molecule has 6 aromatic rings. The van der Waals surface area contributed by atoms with Crippen molar-refractivity contribution in [3.05, 3.63) is 288 Å². The van der Waals surface area contributed by atoms with Crippen molar-refractivity contribution in [1.82, 2.24) is 0 Å². The van der Waals surface area contributed by atoms with Gasteiger partial charge in [-0.1, -0.05) is 182 Å². The first-order chi connectivity index (χ1) is 52.4. The van der Waals surface area contributed by atoms with E-state index in [-0.39, 0.29) is 89.8 Å². The van der Waals surface area contributed by atoms with Gasteiger partial charge < -0.3 is 20.4 Å². The maximum absolute atomic E-state index is 14.0. The van der Waals surface area contributed by atoms with Gasteiger partial charge in [-0.05, 0) is 98.1 Å². The van der Waals surface area contributed by atoms with E-state index in [1.54, 1.807) is 0 Å². The molecule has 0 heterocycles. The van der Waals surface area contributed by atoms with E-state index >= 15 is 0 Å². The van der Waals surface area contributed by atoms with E-state index in [0.29, 0.717) is 25.9 Å². The van der Waals surface area contributed by atoms with Gasteiger partial charge in [0.2, 0.25) is 23.6 Å². The number of unbranched alkanes of at least 4 members (excludes halogenated alkanes) is 4. The van der Waals surface area contributed by atoms with Crippen molar-refractivity contribution in [2.75, 3.05) is 33.5 Å². The van der Waals surface area contributed by atoms with Crippen molar-refractivity contribution in [2.24, 2.45) is 21.7 Å². The van der Waals surface area contributed by atoms with Gasteiger partial charge in [0.05, 0.1) is 0 Å². The number of halogens is 8. The Kier molecular flexibility index (Phi) is 51.2. The number of carbonyl (C=O) groups excluding carboxylic acids is 4. The minimum Gasteiger partial charge on any atom is -0.376 e. The topological polar surface area (TPSA) is 98.8 Å². The zero-order chi connectivity index (χ0) is 81.4. The summed E-state index contributed by atoms with van der Waals surface area (Å²) in [6.07, 6.45) is 53.6. The molecule has 0 aliphatic heterocycles. The predicted octanol–water partition coefficient (Wildman–Crippen LogP) is 25.0. The molecule has 4 amide bonds. The van der Waals surface area contributed by atoms with Crippen LogP contribution in [0.1, 0.15) is 210 Å². The molecular formula is C94H112F8N4O4Ti2. The number of aryl methyl sites for hydroxylation is 2. The summed E-state index contributed by atoms with van der Waals surface area (Å²) in [6, 6.07) is 37.7. The van der Waals surface area contributed by atoms with E-state index in [0.717, 1.165) is 140 Å². The zero-order valence-electron chi connectivity index (χ0n) is 67.4. The van der Waals surface area contributed by atoms with E-state index in [2.05, 4.69) is 83.5 Å². The Morgan fingerprint density at radius 1 is 0.357 bits per heavy atom. The van der Waals surface area contributed by atoms with Gasteiger partial charge in [-0.15, -0.1) is 98.5 Å². The number of hydrogen-bond acceptors (Lipinski definition) is 4. The molecule has 0 fully saturated rings. The minimum absolute atomic E-state index is 0. The summed E-state index contributed by atoms with van der Waals surface area (Å²) >= 11 is 0. The van der Waals surface area contributed by atoms with Gasteiger partial charge in [-0.2, -0.15) is 24.3 Å². The Balaban J connectivity index is 0.000000681. The average molecular weight is 1610 g/mol. The molecule has 4 aliphatic rings. The number of allylic oxidation sites excluding steroid dienone is 16. The van der Waals surface area contributed by atoms with Crippen LogP contribution in [0.15, 0.2) is 182 Å². The van der Waals surface area contributed by atoms with Crippen molar-refractivity contribution in [3.63, 3.8) is 0 Å². The van der Waals surface area contributed by atoms with Crippen LogP contribution in [0.2, 0.25) is 0 Å². The Bertz CT molecular complexity index is 3640. The van der Waals surface area contributed by atoms with Crippen molar-refractivity contribution < 1.29 is 97.7 Å². The Morgan fingerprint density at radius 3 is 0.893 bits per heavy atom. The number of rotatable bonds is 28. The molecular weight excluding hydrogens is 1500 g/mol. The first-order valence-electron chi connectivity index (χ1n) is 38.1. The standard InChI is InChI=1S/2C20H22F2NO.2C17H24F2NO.4C5H5.2Ti/c2*1-20(2,13-7-6-10-15-8-4-3-5-9-15)19(24)23-18-12-11-16(21)14-17(18)22;2*1-5-7-11-20(16(21)17(3,4)10-6-2)15-9-8-13(18)12-14(15)19;4*1-2-4-5-3-1;;/h2*3-5,8-9,11-12H,6-7,10,13H2,1-2H3,(H,23,24);2*8-9H,5-7,10-11H2,1-4H3;4*1-3H,4H2;;/q8*-1;2*+4. The molecule has 10 rings (SSSR count). The molecule has 0 radical (unpaired) electrons. The van der Waals surface area contributed by atoms with Crippen LogP contribution in [0.4, 0.5) is 57.9 Å². The number of anilines is 4. The normalized spacial score (nSPS) is 12.3. The first-order valence-corrected chi connectivity index (χ1v) is 38.1. The molecule has 0 spiro atoms. The van der Waals surface area contributed by atoms with Crippen molar-refractivity contribution >= 4 is 46.4 Å². The molecule has 0 unspecified atom stereocenters. The van der Waals surface area contributed by atoms with Gasteiger partial charge in [-0.3, -0.25) is 43.5 Å². The van der Waals surface area contributed by atoms with E-state index in [1.807, 2.05) is 192 Å². The third-order valence-electron chi connectivity index (χ3n) is 17.6. The molecule has 596 valence electrons. The molecule has 0 saturated heterocycles. The molecule has 18 heteroatoms. The van der Waals surface area contributed by atoms with Crippen LogP contribution in [0.25, 0.3) is 0 Å². The quantitative estimate of drug-likeness (QED) is 0.0221. The number of amides is 4. The third-order valence-corrected chi connectivity index (χ3v) is 17.6. The maximum Gasteiger partial charge on any atom is 4.00 e. The summed E-state index contributed by atoms with van der Waals surface area (Å²) in [5, 5.41) is 5.05. The van der Waals surface area contributed by atoms with E-state index in [9.17, 15) is 54.3 Å². The molecule has 0 atom stereocenters. The molecule has 0 bridgehead atoms. The van der Waals surface area contributed by atoms with Crippen LogP contribution in [0.5, 0.6) is 0 Å². The monoisotopic (exact) mass is 1610 g/mol. The van der Waals surface area contributed by atoms with Gasteiger partial charge in [0.1, 0.15) is 0 Å². The Labute approximate surface area is 694 Å². The first kappa shape index (κ1) is 102. The largest absolute Gasteiger partial charge is 4.00 e. The molecule has 112 heavy (non-hydrogen) atoms. The number of nitrogens with zero attached hydrogens (tertiary/aromatic N) is 2. The van der Waals surface area contributed by atoms with Gasteiger partial charge in [0.15, 0.2) is 0 Å². The van der Waals surface area contributed by atoms with Crippen LogP contribution in [-0.4, -0.2) is 36.7 Å². The van der Waals surface area contributed by atoms with E-state index in [1.165, 1.54) is 45.2 Å². The van der Waals surface area contributed by atoms with Gasteiger partial charge in [-0.25, -0.2) is 83.7 Å². The second-order valence-electron chi connectivity index (χ2n) is 29.0. The van der Waals surface area contributed by atoms with Crippen LogP contribution in [-0.2, 0) is 75.5 Å². The third kappa shape index (κ3) is 40.6. The number of benzene rings is 6. The number of carbonyl (C=O) groups is 4. The fourth-order valence-electron chi connectivity index (χ4n) is 11.1. The van der Waals surface area contributed by atoms with Crippen LogP contribution < -0.4 is 20.4 Å². The van der Waals surface area contributed by atoms with Crippen LogP contribution in [0, 0.1) is 117 Å². The van der Waals surface area contributed by atoms with E-state index in [4.69, 9.17) is 0 Å². The molecule has 2 N–H and O–H groups in total. The van der Waals surface area contributed by atoms with Gasteiger partial charge >= 0.3 is 43.4 Å². The molecule has 6 aromatic carbocycles. The number of hydrogen-bond donors (Lipinski definition) is 2. The summed E-state index contributed by atoms with van der Waals surface area (Å²) in [4.78, 5) is 53.1. The average Bonchev–Trinajstić information content (AvgIpc) is 1.01. The van der Waals surface area contributed by atoms with Gasteiger partial charge in [0.25, 0.3) is 0 Å². The maximum atomic E-state index is 14.0. The van der Waals surface area contributed by atoms with Crippen molar-refractivity contribution in [1.29, 1.82) is 0 Å². The fourth-order valence-corrected chi connectivity index (χ4v) is 11.1. The summed E-state index contributed by atoms with van der Waals surface area (Å²) < 4.78 is 107. The number of nitrogens with one attached hydrogen (secondary N) is 2. The fraction of sp³-hybridized carbons (Fsp3) is 0.404. The minimum atomic E-state index is -0.886. The van der Waals surface area contributed by atoms with Crippen molar-refractivity contribution in [3.8, 4) is 0 Å². The molecule has 0 saturated carbocycles. The van der Waals surface area contributed by atoms with Crippen LogP contribution in [0.3, 0.4) is 0 Å². The summed E-state index contributed by atoms with van der Waals surface area (Å²) in [7, 11) is 0. The van der Waals surface area contributed by atoms with Crippen molar-refractivity contribution in [2.45, 2.75) is 212 Å². The Hall–Kier alpha value is -8.01. The SMILES string of the molecule is CC(C)(CCCCc1ccccc1)C(=O)Nc1ccc(F)[c-]c1F.CC(C)(CCCCc1ccccc1)C(=O)Nc1ccc(F)[c-]c1F.CCCCN(C(=O)C(C)(C)CCC)c1ccc(F)[c-]c1F.CCCCN(C(=O)C(C)(C)CCC)c1ccc(F)[c-]c1F.[C-]1=CC=CC1.[C-]1=CC=CC1.[C-]1=CC=CC1.[C-]1=CC=CC1.[Ti+4].[Ti+4]. The molecule has 8 nitrogen and oxygen atoms in total. The molecule has 4 aliphatic carbocycles. The second kappa shape index (κ2) is 56.3. The Morgan fingerprint density at radius 2 is 0.652 bits per heavy atom. The summed E-state index contributed by atoms with van der Waals surface area (Å²) in [5.74, 6) is -7.30. The summed E-state index contributed by atoms with van der Waals surface area (Å²) in [6.45, 7) is 23.7.